The van der Waals surface area contributed by atoms with E-state index in [1.165, 1.54) is 6.42 Å². The highest BCUT2D eigenvalue weighted by Crippen LogP contribution is 2.30. The van der Waals surface area contributed by atoms with Crippen molar-refractivity contribution in [2.24, 2.45) is 11.7 Å². The van der Waals surface area contributed by atoms with Gasteiger partial charge in [0, 0.05) is 6.04 Å². The monoisotopic (exact) mass is 285 g/mol. The van der Waals surface area contributed by atoms with Crippen molar-refractivity contribution in [3.05, 3.63) is 28.2 Å². The molecule has 1 aromatic rings. The summed E-state index contributed by atoms with van der Waals surface area (Å²) in [5.41, 5.74) is 7.38. The topological polar surface area (TPSA) is 35.2 Å². The predicted molar refractivity (Wildman–Crippen MR) is 71.7 cm³/mol. The van der Waals surface area contributed by atoms with Crippen molar-refractivity contribution in [3.8, 4) is 5.75 Å². The third-order valence-electron chi connectivity index (χ3n) is 2.92. The lowest BCUT2D eigenvalue weighted by Gasteiger charge is -2.20. The van der Waals surface area contributed by atoms with E-state index in [1.807, 2.05) is 12.1 Å². The Labute approximate surface area is 106 Å². The number of benzene rings is 1. The number of hydrogen-bond acceptors (Lipinski definition) is 2. The molecule has 3 heteroatoms. The van der Waals surface area contributed by atoms with Crippen LogP contribution in [0.1, 0.15) is 38.3 Å². The first-order valence-electron chi connectivity index (χ1n) is 5.69. The normalized spacial score (nSPS) is 14.6. The summed E-state index contributed by atoms with van der Waals surface area (Å²) < 4.78 is 6.16. The average Bonchev–Trinajstić information content (AvgIpc) is 2.28. The molecular weight excluding hydrogens is 266 g/mol. The van der Waals surface area contributed by atoms with Crippen molar-refractivity contribution in [2.75, 3.05) is 7.11 Å². The van der Waals surface area contributed by atoms with Crippen molar-refractivity contribution in [1.29, 1.82) is 0 Å². The van der Waals surface area contributed by atoms with Gasteiger partial charge in [-0.2, -0.15) is 0 Å². The highest BCUT2D eigenvalue weighted by atomic mass is 79.9. The molecule has 0 aliphatic rings. The van der Waals surface area contributed by atoms with Crippen LogP contribution in [0.2, 0.25) is 0 Å². The number of rotatable bonds is 5. The number of methoxy groups -OCH3 is 1. The molecule has 0 heterocycles. The first kappa shape index (κ1) is 13.5. The van der Waals surface area contributed by atoms with Gasteiger partial charge in [-0.3, -0.25) is 0 Å². The lowest BCUT2D eigenvalue weighted by atomic mass is 9.92. The first-order valence-corrected chi connectivity index (χ1v) is 6.48. The molecule has 0 saturated carbocycles. The molecule has 0 aromatic heterocycles. The molecule has 2 atom stereocenters. The zero-order chi connectivity index (χ0) is 12.1. The van der Waals surface area contributed by atoms with Gasteiger partial charge in [-0.05, 0) is 46.0 Å². The molecule has 90 valence electrons. The van der Waals surface area contributed by atoms with Gasteiger partial charge < -0.3 is 10.5 Å². The fourth-order valence-corrected chi connectivity index (χ4v) is 2.41. The van der Waals surface area contributed by atoms with E-state index in [-0.39, 0.29) is 6.04 Å². The molecule has 2 N–H and O–H groups in total. The predicted octanol–water partition coefficient (Wildman–Crippen LogP) is 3.89. The Morgan fingerprint density at radius 3 is 2.62 bits per heavy atom. The molecule has 2 unspecified atom stereocenters. The molecule has 0 spiro atoms. The molecule has 0 aliphatic heterocycles. The average molecular weight is 286 g/mol. The molecule has 0 bridgehead atoms. The standard InChI is InChI=1S/C13H20BrNO/c1-4-5-9(2)13(15)10-6-7-12(16-3)11(14)8-10/h6-9,13H,4-5,15H2,1-3H3. The summed E-state index contributed by atoms with van der Waals surface area (Å²) in [4.78, 5) is 0. The lowest BCUT2D eigenvalue weighted by Crippen LogP contribution is -2.19. The van der Waals surface area contributed by atoms with Crippen LogP contribution in [-0.2, 0) is 0 Å². The molecule has 0 aliphatic carbocycles. The summed E-state index contributed by atoms with van der Waals surface area (Å²) in [6.07, 6.45) is 2.33. The van der Waals surface area contributed by atoms with Crippen LogP contribution in [0.4, 0.5) is 0 Å². The minimum atomic E-state index is 0.0992. The third kappa shape index (κ3) is 3.22. The molecule has 1 rings (SSSR count). The summed E-state index contributed by atoms with van der Waals surface area (Å²) in [6.45, 7) is 4.39. The van der Waals surface area contributed by atoms with E-state index >= 15 is 0 Å². The molecule has 0 amide bonds. The minimum Gasteiger partial charge on any atom is -0.496 e. The second kappa shape index (κ2) is 6.26. The Morgan fingerprint density at radius 2 is 2.12 bits per heavy atom. The van der Waals surface area contributed by atoms with Gasteiger partial charge in [0.15, 0.2) is 0 Å². The Hall–Kier alpha value is -0.540. The quantitative estimate of drug-likeness (QED) is 0.891. The van der Waals surface area contributed by atoms with Crippen LogP contribution in [0.15, 0.2) is 22.7 Å². The van der Waals surface area contributed by atoms with E-state index in [2.05, 4.69) is 35.8 Å². The zero-order valence-electron chi connectivity index (χ0n) is 10.2. The highest BCUT2D eigenvalue weighted by Gasteiger charge is 2.15. The summed E-state index contributed by atoms with van der Waals surface area (Å²) in [5, 5.41) is 0. The zero-order valence-corrected chi connectivity index (χ0v) is 11.8. The van der Waals surface area contributed by atoms with Crippen molar-refractivity contribution in [1.82, 2.24) is 0 Å². The second-order valence-electron chi connectivity index (χ2n) is 4.19. The molecule has 0 fully saturated rings. The molecule has 0 radical (unpaired) electrons. The van der Waals surface area contributed by atoms with Crippen LogP contribution in [0.5, 0.6) is 5.75 Å². The number of hydrogen-bond donors (Lipinski definition) is 1. The van der Waals surface area contributed by atoms with Gasteiger partial charge in [0.1, 0.15) is 5.75 Å². The van der Waals surface area contributed by atoms with Crippen LogP contribution in [0.25, 0.3) is 0 Å². The van der Waals surface area contributed by atoms with Crippen LogP contribution in [0.3, 0.4) is 0 Å². The Kier molecular flexibility index (Phi) is 5.29. The fourth-order valence-electron chi connectivity index (χ4n) is 1.85. The third-order valence-corrected chi connectivity index (χ3v) is 3.54. The van der Waals surface area contributed by atoms with Crippen LogP contribution in [0, 0.1) is 5.92 Å². The van der Waals surface area contributed by atoms with E-state index in [0.717, 1.165) is 22.2 Å². The molecule has 0 saturated heterocycles. The summed E-state index contributed by atoms with van der Waals surface area (Å²) in [7, 11) is 1.67. The second-order valence-corrected chi connectivity index (χ2v) is 5.04. The molecule has 1 aromatic carbocycles. The van der Waals surface area contributed by atoms with Crippen molar-refractivity contribution in [2.45, 2.75) is 32.7 Å². The van der Waals surface area contributed by atoms with Gasteiger partial charge in [-0.15, -0.1) is 0 Å². The van der Waals surface area contributed by atoms with Gasteiger partial charge in [0.2, 0.25) is 0 Å². The summed E-state index contributed by atoms with van der Waals surface area (Å²) in [6, 6.07) is 6.15. The van der Waals surface area contributed by atoms with E-state index in [1.54, 1.807) is 7.11 Å². The Balaban J connectivity index is 2.84. The largest absolute Gasteiger partial charge is 0.496 e. The molecular formula is C13H20BrNO. The van der Waals surface area contributed by atoms with Gasteiger partial charge in [0.05, 0.1) is 11.6 Å². The van der Waals surface area contributed by atoms with E-state index in [0.29, 0.717) is 5.92 Å². The Morgan fingerprint density at radius 1 is 1.44 bits per heavy atom. The van der Waals surface area contributed by atoms with E-state index < -0.39 is 0 Å². The van der Waals surface area contributed by atoms with E-state index in [9.17, 15) is 0 Å². The van der Waals surface area contributed by atoms with Gasteiger partial charge in [-0.25, -0.2) is 0 Å². The number of ether oxygens (including phenoxy) is 1. The first-order chi connectivity index (χ1) is 7.60. The van der Waals surface area contributed by atoms with Crippen molar-refractivity contribution < 1.29 is 4.74 Å². The van der Waals surface area contributed by atoms with Gasteiger partial charge in [0.25, 0.3) is 0 Å². The number of nitrogens with two attached hydrogens (primary N) is 1. The van der Waals surface area contributed by atoms with Crippen LogP contribution in [-0.4, -0.2) is 7.11 Å². The smallest absolute Gasteiger partial charge is 0.133 e. The maximum atomic E-state index is 6.22. The molecule has 16 heavy (non-hydrogen) atoms. The van der Waals surface area contributed by atoms with Crippen LogP contribution >= 0.6 is 15.9 Å². The number of halogens is 1. The molecule has 2 nitrogen and oxygen atoms in total. The lowest BCUT2D eigenvalue weighted by molar-refractivity contribution is 0.409. The van der Waals surface area contributed by atoms with Crippen molar-refractivity contribution in [3.63, 3.8) is 0 Å². The fraction of sp³-hybridized carbons (Fsp3) is 0.538. The summed E-state index contributed by atoms with van der Waals surface area (Å²) in [5.74, 6) is 1.35. The van der Waals surface area contributed by atoms with Crippen molar-refractivity contribution >= 4 is 15.9 Å². The highest BCUT2D eigenvalue weighted by molar-refractivity contribution is 9.10. The minimum absolute atomic E-state index is 0.0992. The SMILES string of the molecule is CCCC(C)C(N)c1ccc(OC)c(Br)c1. The van der Waals surface area contributed by atoms with Crippen LogP contribution < -0.4 is 10.5 Å². The van der Waals surface area contributed by atoms with Gasteiger partial charge >= 0.3 is 0 Å². The summed E-state index contributed by atoms with van der Waals surface area (Å²) >= 11 is 3.48. The van der Waals surface area contributed by atoms with Gasteiger partial charge in [-0.1, -0.05) is 26.3 Å². The Bertz CT molecular complexity index is 341. The maximum absolute atomic E-state index is 6.22. The maximum Gasteiger partial charge on any atom is 0.133 e. The van der Waals surface area contributed by atoms with E-state index in [4.69, 9.17) is 10.5 Å².